The molecule has 0 saturated carbocycles. The second kappa shape index (κ2) is 3.84. The van der Waals surface area contributed by atoms with Crippen LogP contribution in [0, 0.1) is 0 Å². The molecule has 5 nitrogen and oxygen atoms in total. The van der Waals surface area contributed by atoms with E-state index in [9.17, 15) is 14.7 Å². The fourth-order valence-electron chi connectivity index (χ4n) is 0.414. The van der Waals surface area contributed by atoms with Crippen LogP contribution < -0.4 is 10.8 Å². The van der Waals surface area contributed by atoms with Crippen LogP contribution in [0.3, 0.4) is 0 Å². The maximum atomic E-state index is 10.4. The number of carbonyl (C=O) groups excluding carboxylic acids is 2. The second-order valence-electron chi connectivity index (χ2n) is 1.71. The Labute approximate surface area is 57.8 Å². The largest absolute Gasteiger partial charge is 0.550 e. The Morgan fingerprint density at radius 1 is 1.70 bits per heavy atom. The summed E-state index contributed by atoms with van der Waals surface area (Å²) in [5, 5.41) is 9.83. The normalized spacial score (nSPS) is 12.2. The van der Waals surface area contributed by atoms with Crippen molar-refractivity contribution in [2.45, 2.75) is 12.5 Å². The van der Waals surface area contributed by atoms with E-state index in [0.29, 0.717) is 0 Å². The number of rotatable bonds is 3. The van der Waals surface area contributed by atoms with Crippen LogP contribution in [-0.4, -0.2) is 25.1 Å². The zero-order valence-electron chi connectivity index (χ0n) is 5.49. The van der Waals surface area contributed by atoms with Crippen molar-refractivity contribution in [2.24, 2.45) is 5.73 Å². The van der Waals surface area contributed by atoms with Gasteiger partial charge in [0.25, 0.3) is 0 Å². The Balaban J connectivity index is 3.72. The van der Waals surface area contributed by atoms with Gasteiger partial charge in [-0.1, -0.05) is 0 Å². The standard InChI is InChI=1S/C5H9NO4/c1-10-5(9)3(6)2-4(7)8/h3H,2,6H2,1H3,(H,7,8)/p-1/t3-/m0/s1. The third-order valence-electron chi connectivity index (χ3n) is 0.891. The molecule has 0 aliphatic carbocycles. The van der Waals surface area contributed by atoms with E-state index >= 15 is 0 Å². The molecular formula is C5H8NO4-. The first-order valence-electron chi connectivity index (χ1n) is 2.61. The first kappa shape index (κ1) is 8.90. The Morgan fingerprint density at radius 3 is 2.50 bits per heavy atom. The maximum absolute atomic E-state index is 10.4. The molecule has 58 valence electrons. The number of esters is 1. The Bertz CT molecular complexity index is 145. The Morgan fingerprint density at radius 2 is 2.20 bits per heavy atom. The number of hydrogen-bond donors (Lipinski definition) is 1. The van der Waals surface area contributed by atoms with Crippen molar-refractivity contribution < 1.29 is 19.4 Å². The zero-order chi connectivity index (χ0) is 8.15. The minimum atomic E-state index is -1.36. The Kier molecular flexibility index (Phi) is 3.42. The Hall–Kier alpha value is -1.10. The number of carbonyl (C=O) groups is 2. The van der Waals surface area contributed by atoms with Crippen LogP contribution in [0.5, 0.6) is 0 Å². The SMILES string of the molecule is COC(=O)[C@@H](N)CC(=O)[O-]. The van der Waals surface area contributed by atoms with E-state index < -0.39 is 24.4 Å². The molecular weight excluding hydrogens is 138 g/mol. The van der Waals surface area contributed by atoms with Crippen LogP contribution in [0.1, 0.15) is 6.42 Å². The van der Waals surface area contributed by atoms with E-state index in [1.165, 1.54) is 0 Å². The summed E-state index contributed by atoms with van der Waals surface area (Å²) in [5.41, 5.74) is 5.03. The molecule has 0 bridgehead atoms. The molecule has 1 atom stereocenters. The van der Waals surface area contributed by atoms with Crippen LogP contribution in [-0.2, 0) is 14.3 Å². The lowest BCUT2D eigenvalue weighted by atomic mass is 10.2. The number of hydrogen-bond acceptors (Lipinski definition) is 5. The highest BCUT2D eigenvalue weighted by Gasteiger charge is 2.12. The van der Waals surface area contributed by atoms with Crippen LogP contribution in [0.4, 0.5) is 0 Å². The molecule has 0 aromatic heterocycles. The number of carboxylic acid groups (broad SMARTS) is 1. The minimum absolute atomic E-state index is 0.507. The zero-order valence-corrected chi connectivity index (χ0v) is 5.49. The topological polar surface area (TPSA) is 92.5 Å². The quantitative estimate of drug-likeness (QED) is 0.449. The summed E-state index contributed by atoms with van der Waals surface area (Å²) in [6, 6.07) is -1.12. The van der Waals surface area contributed by atoms with Gasteiger partial charge in [0, 0.05) is 12.4 Å². The molecule has 0 saturated heterocycles. The molecule has 0 amide bonds. The molecule has 5 heteroatoms. The fourth-order valence-corrected chi connectivity index (χ4v) is 0.414. The van der Waals surface area contributed by atoms with E-state index in [1.54, 1.807) is 0 Å². The van der Waals surface area contributed by atoms with Gasteiger partial charge in [-0.05, 0) is 0 Å². The number of methoxy groups -OCH3 is 1. The molecule has 0 rings (SSSR count). The summed E-state index contributed by atoms with van der Waals surface area (Å²) >= 11 is 0. The van der Waals surface area contributed by atoms with Crippen LogP contribution in [0.2, 0.25) is 0 Å². The van der Waals surface area contributed by atoms with Crippen molar-refractivity contribution in [2.75, 3.05) is 7.11 Å². The highest BCUT2D eigenvalue weighted by atomic mass is 16.5. The summed E-state index contributed by atoms with van der Waals surface area (Å²) < 4.78 is 4.16. The summed E-state index contributed by atoms with van der Waals surface area (Å²) in [6.07, 6.45) is -0.507. The molecule has 0 radical (unpaired) electrons. The number of ether oxygens (including phenoxy) is 1. The molecule has 0 spiro atoms. The average Bonchev–Trinajstić information content (AvgIpc) is 1.85. The van der Waals surface area contributed by atoms with Gasteiger partial charge < -0.3 is 20.4 Å². The van der Waals surface area contributed by atoms with Crippen molar-refractivity contribution >= 4 is 11.9 Å². The van der Waals surface area contributed by atoms with Crippen LogP contribution in [0.25, 0.3) is 0 Å². The lowest BCUT2D eigenvalue weighted by Crippen LogP contribution is -2.38. The first-order chi connectivity index (χ1) is 4.57. The molecule has 0 unspecified atom stereocenters. The van der Waals surface area contributed by atoms with Crippen LogP contribution >= 0.6 is 0 Å². The fraction of sp³-hybridized carbons (Fsp3) is 0.600. The van der Waals surface area contributed by atoms with Gasteiger partial charge in [0.05, 0.1) is 7.11 Å². The van der Waals surface area contributed by atoms with Gasteiger partial charge >= 0.3 is 5.97 Å². The predicted molar refractivity (Wildman–Crippen MR) is 29.6 cm³/mol. The molecule has 0 aromatic rings. The lowest BCUT2D eigenvalue weighted by molar-refractivity contribution is -0.306. The molecule has 0 fully saturated rings. The van der Waals surface area contributed by atoms with Gasteiger partial charge in [-0.3, -0.25) is 4.79 Å². The van der Waals surface area contributed by atoms with E-state index in [4.69, 9.17) is 5.73 Å². The van der Waals surface area contributed by atoms with Gasteiger partial charge in [-0.25, -0.2) is 0 Å². The van der Waals surface area contributed by atoms with Gasteiger partial charge in [-0.15, -0.1) is 0 Å². The number of carboxylic acids is 1. The van der Waals surface area contributed by atoms with Crippen molar-refractivity contribution in [3.63, 3.8) is 0 Å². The minimum Gasteiger partial charge on any atom is -0.550 e. The molecule has 0 aliphatic heterocycles. The van der Waals surface area contributed by atoms with Gasteiger partial charge in [-0.2, -0.15) is 0 Å². The molecule has 2 N–H and O–H groups in total. The molecule has 0 heterocycles. The predicted octanol–water partition coefficient (Wildman–Crippen LogP) is -2.37. The van der Waals surface area contributed by atoms with Gasteiger partial charge in [0.2, 0.25) is 0 Å². The number of nitrogens with two attached hydrogens (primary N) is 1. The van der Waals surface area contributed by atoms with Crippen molar-refractivity contribution in [3.05, 3.63) is 0 Å². The summed E-state index contributed by atoms with van der Waals surface area (Å²) in [6.45, 7) is 0. The van der Waals surface area contributed by atoms with E-state index in [1.807, 2.05) is 0 Å². The monoisotopic (exact) mass is 146 g/mol. The molecule has 0 aromatic carbocycles. The van der Waals surface area contributed by atoms with E-state index in [-0.39, 0.29) is 0 Å². The third kappa shape index (κ3) is 3.03. The van der Waals surface area contributed by atoms with Crippen molar-refractivity contribution in [1.29, 1.82) is 0 Å². The molecule has 10 heavy (non-hydrogen) atoms. The second-order valence-corrected chi connectivity index (χ2v) is 1.71. The smallest absolute Gasteiger partial charge is 0.323 e. The van der Waals surface area contributed by atoms with Gasteiger partial charge in [0.1, 0.15) is 6.04 Å². The van der Waals surface area contributed by atoms with E-state index in [0.717, 1.165) is 7.11 Å². The van der Waals surface area contributed by atoms with Crippen molar-refractivity contribution in [1.82, 2.24) is 0 Å². The van der Waals surface area contributed by atoms with Gasteiger partial charge in [0.15, 0.2) is 0 Å². The summed E-state index contributed by atoms with van der Waals surface area (Å²) in [5.74, 6) is -2.11. The number of aliphatic carboxylic acids is 1. The highest BCUT2D eigenvalue weighted by Crippen LogP contribution is 1.88. The van der Waals surface area contributed by atoms with Crippen LogP contribution in [0.15, 0.2) is 0 Å². The van der Waals surface area contributed by atoms with Crippen molar-refractivity contribution in [3.8, 4) is 0 Å². The third-order valence-corrected chi connectivity index (χ3v) is 0.891. The average molecular weight is 146 g/mol. The first-order valence-corrected chi connectivity index (χ1v) is 2.61. The summed E-state index contributed by atoms with van der Waals surface area (Å²) in [7, 11) is 1.14. The summed E-state index contributed by atoms with van der Waals surface area (Å²) in [4.78, 5) is 20.2. The maximum Gasteiger partial charge on any atom is 0.323 e. The lowest BCUT2D eigenvalue weighted by Gasteiger charge is -2.08. The highest BCUT2D eigenvalue weighted by molar-refractivity contribution is 5.80. The van der Waals surface area contributed by atoms with E-state index in [2.05, 4.69) is 4.74 Å². The molecule has 0 aliphatic rings.